The van der Waals surface area contributed by atoms with E-state index in [2.05, 4.69) is 0 Å². The van der Waals surface area contributed by atoms with E-state index in [9.17, 15) is 29.7 Å². The summed E-state index contributed by atoms with van der Waals surface area (Å²) < 4.78 is 22.7. The van der Waals surface area contributed by atoms with E-state index in [1.54, 1.807) is 19.9 Å². The van der Waals surface area contributed by atoms with E-state index in [0.717, 1.165) is 0 Å². The van der Waals surface area contributed by atoms with E-state index < -0.39 is 86.8 Å². The number of cyclic esters (lactones) is 1. The molecule has 10 heteroatoms. The smallest absolute Gasteiger partial charge is 0.335 e. The second-order valence-electron chi connectivity index (χ2n) is 12.9. The van der Waals surface area contributed by atoms with Crippen LogP contribution in [0.5, 0.6) is 0 Å². The first-order valence-corrected chi connectivity index (χ1v) is 12.9. The summed E-state index contributed by atoms with van der Waals surface area (Å²) in [4.78, 5) is 39.8. The Morgan fingerprint density at radius 3 is 2.62 bits per heavy atom. The molecule has 3 N–H and O–H groups in total. The summed E-state index contributed by atoms with van der Waals surface area (Å²) >= 11 is 0. The number of methoxy groups -OCH3 is 1. The van der Waals surface area contributed by atoms with Gasteiger partial charge in [0.15, 0.2) is 11.9 Å². The summed E-state index contributed by atoms with van der Waals surface area (Å²) in [5.41, 5.74) is -6.52. The fraction of sp³-hybridized carbons (Fsp3) is 0.741. The summed E-state index contributed by atoms with van der Waals surface area (Å²) in [6.07, 6.45) is 0.133. The van der Waals surface area contributed by atoms with Crippen LogP contribution in [-0.4, -0.2) is 69.2 Å². The third-order valence-electron chi connectivity index (χ3n) is 11.9. The van der Waals surface area contributed by atoms with E-state index in [1.165, 1.54) is 19.6 Å². The van der Waals surface area contributed by atoms with Crippen molar-refractivity contribution in [3.05, 3.63) is 24.2 Å². The molecule has 37 heavy (non-hydrogen) atoms. The van der Waals surface area contributed by atoms with Crippen LogP contribution in [-0.2, 0) is 28.6 Å². The molecule has 6 aliphatic rings. The van der Waals surface area contributed by atoms with Crippen LogP contribution in [0.2, 0.25) is 0 Å². The quantitative estimate of drug-likeness (QED) is 0.392. The first-order chi connectivity index (χ1) is 17.3. The number of fused-ring (bicyclic) bond motifs is 2. The van der Waals surface area contributed by atoms with Crippen LogP contribution < -0.4 is 0 Å². The minimum atomic E-state index is -1.66. The molecule has 0 amide bonds. The lowest BCUT2D eigenvalue weighted by atomic mass is 9.48. The van der Waals surface area contributed by atoms with Gasteiger partial charge in [-0.25, -0.2) is 4.79 Å². The summed E-state index contributed by atoms with van der Waals surface area (Å²) in [7, 11) is 1.17. The van der Waals surface area contributed by atoms with Gasteiger partial charge >= 0.3 is 11.9 Å². The molecule has 10 nitrogen and oxygen atoms in total. The highest BCUT2D eigenvalue weighted by molar-refractivity contribution is 5.93. The molecule has 0 radical (unpaired) electrons. The maximum absolute atomic E-state index is 14.0. The fourth-order valence-corrected chi connectivity index (χ4v) is 10.6. The van der Waals surface area contributed by atoms with Crippen molar-refractivity contribution < 1.29 is 48.3 Å². The first kappa shape index (κ1) is 23.8. The molecule has 2 spiro atoms. The van der Waals surface area contributed by atoms with Crippen LogP contribution >= 0.6 is 0 Å². The second-order valence-corrected chi connectivity index (χ2v) is 12.9. The lowest BCUT2D eigenvalue weighted by molar-refractivity contribution is -0.185. The minimum Gasteiger partial charge on any atom is -0.472 e. The van der Waals surface area contributed by atoms with Gasteiger partial charge in [0.05, 0.1) is 37.6 Å². The Morgan fingerprint density at radius 2 is 1.97 bits per heavy atom. The van der Waals surface area contributed by atoms with Gasteiger partial charge in [-0.3, -0.25) is 9.59 Å². The Hall–Kier alpha value is -2.27. The number of aliphatic hydroxyl groups excluding tert-OH is 2. The number of carbonyl (C=O) groups excluding carboxylic acids is 3. The lowest BCUT2D eigenvalue weighted by Crippen LogP contribution is -2.64. The number of hydrogen-bond donors (Lipinski definition) is 3. The number of furan rings is 1. The zero-order valence-electron chi connectivity index (χ0n) is 21.2. The van der Waals surface area contributed by atoms with Crippen molar-refractivity contribution in [2.24, 2.45) is 34.0 Å². The third-order valence-corrected chi connectivity index (χ3v) is 11.9. The summed E-state index contributed by atoms with van der Waals surface area (Å²) in [6.45, 7) is 5.44. The van der Waals surface area contributed by atoms with Crippen molar-refractivity contribution in [2.75, 3.05) is 7.11 Å². The molecule has 7 rings (SSSR count). The number of ketones is 1. The molecule has 2 saturated heterocycles. The van der Waals surface area contributed by atoms with Gasteiger partial charge in [-0.15, -0.1) is 0 Å². The monoisotopic (exact) mass is 516 g/mol. The molecule has 1 aromatic rings. The van der Waals surface area contributed by atoms with Gasteiger partial charge in [-0.2, -0.15) is 0 Å². The van der Waals surface area contributed by atoms with Gasteiger partial charge in [0, 0.05) is 33.6 Å². The van der Waals surface area contributed by atoms with Crippen molar-refractivity contribution in [2.45, 2.75) is 81.6 Å². The number of esters is 2. The average molecular weight is 517 g/mol. The van der Waals surface area contributed by atoms with Gasteiger partial charge in [0.2, 0.25) is 0 Å². The van der Waals surface area contributed by atoms with Crippen molar-refractivity contribution in [3.8, 4) is 0 Å². The number of Topliss-reactive ketones (excluding diaryl/α,β-unsaturated/α-hetero) is 1. The highest BCUT2D eigenvalue weighted by Crippen LogP contribution is 2.88. The predicted molar refractivity (Wildman–Crippen MR) is 121 cm³/mol. The molecule has 200 valence electrons. The molecule has 6 fully saturated rings. The predicted octanol–water partition coefficient (Wildman–Crippen LogP) is 1.06. The van der Waals surface area contributed by atoms with E-state index in [4.69, 9.17) is 18.6 Å². The molecule has 12 atom stereocenters. The van der Waals surface area contributed by atoms with Crippen LogP contribution in [0.25, 0.3) is 0 Å². The van der Waals surface area contributed by atoms with E-state index in [1.807, 2.05) is 6.92 Å². The number of rotatable bonds is 3. The standard InChI is InChI=1S/C27H32O10/c1-22-11-25(33)18(15(29)19(22)31)27-13(24(25,3)17(22)16(30)21(32)34-4)5-7-23(2)20(12-6-8-35-10-12)36-14(28)9-26(23,27)37-27/h6,8,10,13,16-20,30-31,33H,5,7,9,11H2,1-4H3/t13-,16+,17+,18+,19-,20+,22-,23+,24-,25+,26+,27-/m1/s1. The van der Waals surface area contributed by atoms with E-state index in [0.29, 0.717) is 18.4 Å². The first-order valence-electron chi connectivity index (χ1n) is 12.9. The number of ether oxygens (including phenoxy) is 3. The second kappa shape index (κ2) is 6.47. The van der Waals surface area contributed by atoms with Gasteiger partial charge in [-0.1, -0.05) is 20.8 Å². The Labute approximate surface area is 213 Å². The normalized spacial score (nSPS) is 55.6. The van der Waals surface area contributed by atoms with E-state index in [-0.39, 0.29) is 12.8 Å². The fourth-order valence-electron chi connectivity index (χ4n) is 10.6. The van der Waals surface area contributed by atoms with Gasteiger partial charge in [-0.05, 0) is 25.3 Å². The number of aliphatic hydroxyl groups is 3. The van der Waals surface area contributed by atoms with Crippen molar-refractivity contribution in [1.29, 1.82) is 0 Å². The highest BCUT2D eigenvalue weighted by atomic mass is 16.7. The Balaban J connectivity index is 1.45. The Morgan fingerprint density at radius 1 is 1.24 bits per heavy atom. The van der Waals surface area contributed by atoms with Crippen molar-refractivity contribution in [1.82, 2.24) is 0 Å². The van der Waals surface area contributed by atoms with Crippen LogP contribution in [0, 0.1) is 34.0 Å². The Kier molecular flexibility index (Phi) is 4.17. The van der Waals surface area contributed by atoms with Crippen LogP contribution in [0.1, 0.15) is 58.1 Å². The number of carbonyl (C=O) groups is 3. The van der Waals surface area contributed by atoms with Gasteiger partial charge in [0.1, 0.15) is 23.4 Å². The summed E-state index contributed by atoms with van der Waals surface area (Å²) in [5, 5.41) is 35.2. The maximum atomic E-state index is 14.0. The molecule has 4 aliphatic carbocycles. The van der Waals surface area contributed by atoms with Crippen LogP contribution in [0.3, 0.4) is 0 Å². The van der Waals surface area contributed by atoms with Gasteiger partial charge < -0.3 is 33.9 Å². The third kappa shape index (κ3) is 2.11. The minimum absolute atomic E-state index is 0.0107. The van der Waals surface area contributed by atoms with E-state index >= 15 is 0 Å². The topological polar surface area (TPSA) is 156 Å². The highest BCUT2D eigenvalue weighted by Gasteiger charge is 2.99. The Bertz CT molecular complexity index is 1240. The SMILES string of the molecule is COC(=O)[C@@H](O)[C@H]1[C@@]2(C)C[C@]3(O)[C@H](C(=O)[C@H]2O)[C@@]24O[C@]25CC(=O)O[C@@H](c2ccoc2)[C@]5(C)CC[C@@H]4[C@]13C. The van der Waals surface area contributed by atoms with Crippen LogP contribution in [0.15, 0.2) is 23.0 Å². The number of epoxide rings is 1. The molecule has 4 saturated carbocycles. The van der Waals surface area contributed by atoms with Gasteiger partial charge in [0.25, 0.3) is 0 Å². The van der Waals surface area contributed by atoms with Crippen LogP contribution in [0.4, 0.5) is 0 Å². The zero-order valence-corrected chi connectivity index (χ0v) is 21.2. The maximum Gasteiger partial charge on any atom is 0.335 e. The molecule has 2 aliphatic heterocycles. The molecule has 0 aromatic carbocycles. The largest absolute Gasteiger partial charge is 0.472 e. The summed E-state index contributed by atoms with van der Waals surface area (Å²) in [6, 6.07) is 1.74. The van der Waals surface area contributed by atoms with Crippen molar-refractivity contribution in [3.63, 3.8) is 0 Å². The molecular weight excluding hydrogens is 484 g/mol. The molecule has 2 bridgehead atoms. The lowest BCUT2D eigenvalue weighted by Gasteiger charge is -2.54. The number of hydrogen-bond acceptors (Lipinski definition) is 10. The molecule has 1 aromatic heterocycles. The van der Waals surface area contributed by atoms with Crippen molar-refractivity contribution >= 4 is 17.7 Å². The molecule has 3 heterocycles. The average Bonchev–Trinajstić information content (AvgIpc) is 3.11. The summed E-state index contributed by atoms with van der Waals surface area (Å²) in [5.74, 6) is -4.48. The molecular formula is C27H32O10. The zero-order chi connectivity index (χ0) is 26.6. The molecule has 0 unspecified atom stereocenters.